The predicted octanol–water partition coefficient (Wildman–Crippen LogP) is 1.58. The molecule has 0 amide bonds. The SMILES string of the molecule is CCOC(=O)C1CN1c1ccccc1F. The van der Waals surface area contributed by atoms with Gasteiger partial charge in [0.1, 0.15) is 11.9 Å². The first kappa shape index (κ1) is 9.96. The van der Waals surface area contributed by atoms with Gasteiger partial charge in [-0.25, -0.2) is 9.18 Å². The van der Waals surface area contributed by atoms with Crippen molar-refractivity contribution in [3.8, 4) is 0 Å². The van der Waals surface area contributed by atoms with Crippen LogP contribution in [0.1, 0.15) is 6.92 Å². The second-order valence-electron chi connectivity index (χ2n) is 3.37. The minimum Gasteiger partial charge on any atom is -0.464 e. The Labute approximate surface area is 87.5 Å². The van der Waals surface area contributed by atoms with Gasteiger partial charge in [0.05, 0.1) is 18.8 Å². The van der Waals surface area contributed by atoms with E-state index >= 15 is 0 Å². The summed E-state index contributed by atoms with van der Waals surface area (Å²) in [5.74, 6) is -0.579. The van der Waals surface area contributed by atoms with Crippen LogP contribution in [0.3, 0.4) is 0 Å². The number of hydrogen-bond donors (Lipinski definition) is 0. The lowest BCUT2D eigenvalue weighted by Gasteiger charge is -2.05. The maximum atomic E-state index is 13.3. The van der Waals surface area contributed by atoms with E-state index in [1.807, 2.05) is 0 Å². The Bertz CT molecular complexity index is 381. The third-order valence-electron chi connectivity index (χ3n) is 2.33. The molecule has 2 rings (SSSR count). The molecule has 80 valence electrons. The lowest BCUT2D eigenvalue weighted by atomic mass is 10.3. The van der Waals surface area contributed by atoms with Crippen molar-refractivity contribution in [3.05, 3.63) is 30.1 Å². The average molecular weight is 209 g/mol. The van der Waals surface area contributed by atoms with Gasteiger partial charge in [0.25, 0.3) is 0 Å². The molecule has 0 radical (unpaired) electrons. The number of benzene rings is 1. The van der Waals surface area contributed by atoms with E-state index in [0.717, 1.165) is 0 Å². The third-order valence-corrected chi connectivity index (χ3v) is 2.33. The zero-order valence-corrected chi connectivity index (χ0v) is 8.44. The van der Waals surface area contributed by atoms with Crippen molar-refractivity contribution < 1.29 is 13.9 Å². The Morgan fingerprint density at radius 1 is 1.60 bits per heavy atom. The molecule has 1 unspecified atom stereocenters. The normalized spacial score (nSPS) is 18.8. The zero-order valence-electron chi connectivity index (χ0n) is 8.44. The van der Waals surface area contributed by atoms with Gasteiger partial charge in [0.15, 0.2) is 0 Å². The van der Waals surface area contributed by atoms with Gasteiger partial charge < -0.3 is 9.64 Å². The number of anilines is 1. The van der Waals surface area contributed by atoms with E-state index in [4.69, 9.17) is 4.74 Å². The van der Waals surface area contributed by atoms with Crippen LogP contribution in [0.15, 0.2) is 24.3 Å². The van der Waals surface area contributed by atoms with Crippen LogP contribution in [0.2, 0.25) is 0 Å². The van der Waals surface area contributed by atoms with E-state index in [1.54, 1.807) is 30.0 Å². The number of hydrogen-bond acceptors (Lipinski definition) is 3. The van der Waals surface area contributed by atoms with Crippen LogP contribution in [0.4, 0.5) is 10.1 Å². The molecule has 15 heavy (non-hydrogen) atoms. The number of ether oxygens (including phenoxy) is 1. The molecule has 1 atom stereocenters. The van der Waals surface area contributed by atoms with Crippen molar-refractivity contribution in [3.63, 3.8) is 0 Å². The third kappa shape index (κ3) is 1.93. The van der Waals surface area contributed by atoms with Gasteiger partial charge in [-0.15, -0.1) is 0 Å². The Hall–Kier alpha value is -1.58. The van der Waals surface area contributed by atoms with E-state index < -0.39 is 0 Å². The van der Waals surface area contributed by atoms with Crippen LogP contribution in [-0.2, 0) is 9.53 Å². The van der Waals surface area contributed by atoms with E-state index in [9.17, 15) is 9.18 Å². The molecule has 4 heteroatoms. The van der Waals surface area contributed by atoms with E-state index in [-0.39, 0.29) is 17.8 Å². The highest BCUT2D eigenvalue weighted by atomic mass is 19.1. The van der Waals surface area contributed by atoms with Crippen LogP contribution in [0, 0.1) is 5.82 Å². The Morgan fingerprint density at radius 3 is 3.00 bits per heavy atom. The molecule has 1 aromatic rings. The number of carbonyl (C=O) groups excluding carboxylic acids is 1. The van der Waals surface area contributed by atoms with Gasteiger partial charge in [-0.1, -0.05) is 12.1 Å². The number of rotatable bonds is 3. The standard InChI is InChI=1S/C11H12FNO2/c1-2-15-11(14)10-7-13(10)9-6-4-3-5-8(9)12/h3-6,10H,2,7H2,1H3. The van der Waals surface area contributed by atoms with Gasteiger partial charge in [0.2, 0.25) is 0 Å². The summed E-state index contributed by atoms with van der Waals surface area (Å²) >= 11 is 0. The summed E-state index contributed by atoms with van der Waals surface area (Å²) < 4.78 is 18.2. The fraction of sp³-hybridized carbons (Fsp3) is 0.364. The molecule has 0 bridgehead atoms. The lowest BCUT2D eigenvalue weighted by molar-refractivity contribution is -0.142. The van der Waals surface area contributed by atoms with E-state index in [2.05, 4.69) is 0 Å². The number of carbonyl (C=O) groups is 1. The van der Waals surface area contributed by atoms with E-state index in [1.165, 1.54) is 6.07 Å². The molecule has 0 aliphatic carbocycles. The fourth-order valence-electron chi connectivity index (χ4n) is 1.53. The lowest BCUT2D eigenvalue weighted by Crippen LogP contribution is -2.16. The van der Waals surface area contributed by atoms with Crippen LogP contribution >= 0.6 is 0 Å². The maximum absolute atomic E-state index is 13.3. The number of nitrogens with zero attached hydrogens (tertiary/aromatic N) is 1. The Morgan fingerprint density at radius 2 is 2.33 bits per heavy atom. The van der Waals surface area contributed by atoms with Crippen molar-refractivity contribution in [2.45, 2.75) is 13.0 Å². The minimum absolute atomic E-state index is 0.277. The van der Waals surface area contributed by atoms with Gasteiger partial charge in [-0.2, -0.15) is 0 Å². The van der Waals surface area contributed by atoms with Crippen molar-refractivity contribution in [1.29, 1.82) is 0 Å². The van der Waals surface area contributed by atoms with Crippen molar-refractivity contribution in [2.24, 2.45) is 0 Å². The quantitative estimate of drug-likeness (QED) is 0.559. The molecule has 1 fully saturated rings. The summed E-state index contributed by atoms with van der Waals surface area (Å²) in [4.78, 5) is 13.0. The maximum Gasteiger partial charge on any atom is 0.330 e. The Balaban J connectivity index is 2.05. The smallest absolute Gasteiger partial charge is 0.330 e. The molecule has 0 aromatic heterocycles. The summed E-state index contributed by atoms with van der Waals surface area (Å²) in [5.41, 5.74) is 0.468. The molecule has 1 aromatic carbocycles. The van der Waals surface area contributed by atoms with Crippen LogP contribution in [0.5, 0.6) is 0 Å². The van der Waals surface area contributed by atoms with Crippen molar-refractivity contribution >= 4 is 11.7 Å². The second-order valence-corrected chi connectivity index (χ2v) is 3.37. The highest BCUT2D eigenvalue weighted by Crippen LogP contribution is 2.30. The molecule has 0 N–H and O–H groups in total. The predicted molar refractivity (Wildman–Crippen MR) is 54.2 cm³/mol. The number of halogens is 1. The number of para-hydroxylation sites is 1. The van der Waals surface area contributed by atoms with Gasteiger partial charge in [0, 0.05) is 0 Å². The first-order valence-electron chi connectivity index (χ1n) is 4.92. The number of esters is 1. The van der Waals surface area contributed by atoms with Crippen LogP contribution in [-0.4, -0.2) is 25.2 Å². The first-order valence-corrected chi connectivity index (χ1v) is 4.92. The molecule has 0 saturated carbocycles. The Kier molecular flexibility index (Phi) is 2.58. The van der Waals surface area contributed by atoms with Crippen LogP contribution in [0.25, 0.3) is 0 Å². The molecular formula is C11H12FNO2. The minimum atomic E-state index is -0.304. The molecule has 3 nitrogen and oxygen atoms in total. The average Bonchev–Trinajstić information content (AvgIpc) is 2.98. The molecule has 0 spiro atoms. The molecule has 1 saturated heterocycles. The largest absolute Gasteiger partial charge is 0.464 e. The summed E-state index contributed by atoms with van der Waals surface area (Å²) in [5, 5.41) is 0. The molecular weight excluding hydrogens is 197 g/mol. The monoisotopic (exact) mass is 209 g/mol. The summed E-state index contributed by atoms with van der Waals surface area (Å²) in [7, 11) is 0. The topological polar surface area (TPSA) is 29.3 Å². The van der Waals surface area contributed by atoms with Crippen LogP contribution < -0.4 is 4.90 Å². The summed E-state index contributed by atoms with van der Waals surface area (Å²) in [6, 6.07) is 6.12. The van der Waals surface area contributed by atoms with Crippen molar-refractivity contribution in [2.75, 3.05) is 18.1 Å². The molecule has 1 aliphatic heterocycles. The summed E-state index contributed by atoms with van der Waals surface area (Å²) in [6.07, 6.45) is 0. The first-order chi connectivity index (χ1) is 7.24. The fourth-order valence-corrected chi connectivity index (χ4v) is 1.53. The molecule has 1 aliphatic rings. The van der Waals surface area contributed by atoms with Crippen molar-refractivity contribution in [1.82, 2.24) is 0 Å². The van der Waals surface area contributed by atoms with E-state index in [0.29, 0.717) is 18.8 Å². The van der Waals surface area contributed by atoms with Gasteiger partial charge in [-0.3, -0.25) is 0 Å². The zero-order chi connectivity index (χ0) is 10.8. The van der Waals surface area contributed by atoms with Gasteiger partial charge in [-0.05, 0) is 19.1 Å². The summed E-state index contributed by atoms with van der Waals surface area (Å²) in [6.45, 7) is 2.66. The molecule has 1 heterocycles. The second kappa shape index (κ2) is 3.88. The highest BCUT2D eigenvalue weighted by molar-refractivity contribution is 5.86. The van der Waals surface area contributed by atoms with Gasteiger partial charge >= 0.3 is 5.97 Å². The highest BCUT2D eigenvalue weighted by Gasteiger charge is 2.42.